The Kier molecular flexibility index (Phi) is 7.88. The van der Waals surface area contributed by atoms with E-state index in [9.17, 15) is 18.0 Å². The lowest BCUT2D eigenvalue weighted by molar-refractivity contribution is -0.139. The highest BCUT2D eigenvalue weighted by atomic mass is 32.2. The molecule has 9 heteroatoms. The molecular formula is C27H35N3O5S. The Labute approximate surface area is 213 Å². The van der Waals surface area contributed by atoms with Crippen LogP contribution in [0.1, 0.15) is 58.4 Å². The summed E-state index contributed by atoms with van der Waals surface area (Å²) in [5, 5.41) is 2.62. The summed E-state index contributed by atoms with van der Waals surface area (Å²) in [6.07, 6.45) is 4.89. The normalized spacial score (nSPS) is 15.6. The van der Waals surface area contributed by atoms with Crippen LogP contribution in [0.2, 0.25) is 0 Å². The summed E-state index contributed by atoms with van der Waals surface area (Å²) in [6, 6.07) is 11.7. The van der Waals surface area contributed by atoms with Crippen molar-refractivity contribution in [3.05, 3.63) is 48.0 Å². The number of carbonyl (C=O) groups excluding carboxylic acids is 2. The summed E-state index contributed by atoms with van der Waals surface area (Å²) in [7, 11) is -4.14. The highest BCUT2D eigenvalue weighted by molar-refractivity contribution is 7.87. The van der Waals surface area contributed by atoms with Gasteiger partial charge in [0.25, 0.3) is 0 Å². The molecule has 2 amide bonds. The van der Waals surface area contributed by atoms with E-state index in [1.54, 1.807) is 6.07 Å². The molecule has 2 aromatic carbocycles. The number of amides is 2. The molecule has 0 saturated heterocycles. The van der Waals surface area contributed by atoms with Gasteiger partial charge in [-0.3, -0.25) is 9.59 Å². The Morgan fingerprint density at radius 1 is 1.00 bits per heavy atom. The average Bonchev–Trinajstić information content (AvgIpc) is 3.63. The van der Waals surface area contributed by atoms with E-state index in [0.717, 1.165) is 50.9 Å². The molecule has 0 aliphatic heterocycles. The molecule has 0 unspecified atom stereocenters. The van der Waals surface area contributed by atoms with Crippen LogP contribution in [0.3, 0.4) is 0 Å². The second-order valence-corrected chi connectivity index (χ2v) is 11.1. The van der Waals surface area contributed by atoms with Gasteiger partial charge in [-0.25, -0.2) is 0 Å². The Morgan fingerprint density at radius 2 is 1.67 bits per heavy atom. The molecule has 8 nitrogen and oxygen atoms in total. The van der Waals surface area contributed by atoms with Crippen LogP contribution >= 0.6 is 0 Å². The third-order valence-electron chi connectivity index (χ3n) is 6.91. The van der Waals surface area contributed by atoms with Crippen LogP contribution in [0.5, 0.6) is 5.75 Å². The van der Waals surface area contributed by atoms with E-state index in [0.29, 0.717) is 17.8 Å². The summed E-state index contributed by atoms with van der Waals surface area (Å²) in [5.41, 5.74) is 2.03. The van der Waals surface area contributed by atoms with E-state index in [1.165, 1.54) is 31.2 Å². The van der Waals surface area contributed by atoms with Crippen molar-refractivity contribution in [2.45, 2.75) is 70.4 Å². The Balaban J connectivity index is 1.64. The first-order valence-electron chi connectivity index (χ1n) is 12.7. The highest BCUT2D eigenvalue weighted by Gasteiger charge is 2.38. The van der Waals surface area contributed by atoms with Gasteiger partial charge in [-0.05, 0) is 69.9 Å². The van der Waals surface area contributed by atoms with Gasteiger partial charge >= 0.3 is 10.1 Å². The fourth-order valence-electron chi connectivity index (χ4n) is 4.46. The molecule has 2 aliphatic carbocycles. The van der Waals surface area contributed by atoms with Crippen molar-refractivity contribution in [2.75, 3.05) is 23.3 Å². The number of anilines is 2. The molecule has 2 aliphatic rings. The lowest BCUT2D eigenvalue weighted by atomic mass is 9.84. The number of nitrogens with zero attached hydrogens (tertiary/aromatic N) is 2. The Morgan fingerprint density at radius 3 is 2.19 bits per heavy atom. The van der Waals surface area contributed by atoms with E-state index in [2.05, 4.69) is 10.2 Å². The summed E-state index contributed by atoms with van der Waals surface area (Å²) >= 11 is 0. The van der Waals surface area contributed by atoms with Crippen LogP contribution in [-0.4, -0.2) is 44.3 Å². The van der Waals surface area contributed by atoms with Crippen LogP contribution < -0.4 is 14.4 Å². The van der Waals surface area contributed by atoms with Crippen LogP contribution in [0.25, 0.3) is 0 Å². The predicted octanol–water partition coefficient (Wildman–Crippen LogP) is 4.55. The molecule has 1 N–H and O–H groups in total. The van der Waals surface area contributed by atoms with Crippen molar-refractivity contribution in [2.24, 2.45) is 5.92 Å². The number of hydrogen-bond donors (Lipinski definition) is 1. The molecule has 36 heavy (non-hydrogen) atoms. The van der Waals surface area contributed by atoms with Crippen molar-refractivity contribution in [1.82, 2.24) is 4.90 Å². The van der Waals surface area contributed by atoms with E-state index in [-0.39, 0.29) is 34.4 Å². The quantitative estimate of drug-likeness (QED) is 0.443. The van der Waals surface area contributed by atoms with Crippen molar-refractivity contribution in [1.29, 1.82) is 0 Å². The Hall–Kier alpha value is -3.07. The fraction of sp³-hybridized carbons (Fsp3) is 0.481. The molecule has 4 rings (SSSR count). The van der Waals surface area contributed by atoms with Crippen LogP contribution in [0, 0.1) is 5.92 Å². The van der Waals surface area contributed by atoms with Crippen LogP contribution in [0.4, 0.5) is 11.4 Å². The molecule has 2 aromatic rings. The monoisotopic (exact) mass is 513 g/mol. The molecular weight excluding hydrogens is 478 g/mol. The number of nitrogens with one attached hydrogen (secondary N) is 1. The third kappa shape index (κ3) is 6.00. The van der Waals surface area contributed by atoms with Crippen molar-refractivity contribution in [3.8, 4) is 5.75 Å². The summed E-state index contributed by atoms with van der Waals surface area (Å²) in [6.45, 7) is 7.32. The molecule has 0 spiro atoms. The standard InChI is InChI=1S/C27H35N3O5S/c1-4-29(5-2)24-12-9-21(18-30(23-13-14-23)27(32)20-7-6-8-20)26(17-24)35-36(33,34)25-15-10-22(11-16-25)28-19(3)31/h9-12,15-17,20,23H,4-8,13-14,18H2,1-3H3,(H,28,31). The van der Waals surface area contributed by atoms with E-state index in [4.69, 9.17) is 4.18 Å². The minimum atomic E-state index is -4.14. The van der Waals surface area contributed by atoms with Crippen molar-refractivity contribution < 1.29 is 22.2 Å². The molecule has 0 bridgehead atoms. The number of benzene rings is 2. The summed E-state index contributed by atoms with van der Waals surface area (Å²) < 4.78 is 32.2. The molecule has 2 fully saturated rings. The lowest BCUT2D eigenvalue weighted by Crippen LogP contribution is -2.40. The zero-order chi connectivity index (χ0) is 25.9. The third-order valence-corrected chi connectivity index (χ3v) is 8.16. The van der Waals surface area contributed by atoms with Gasteiger partial charge in [0.1, 0.15) is 10.6 Å². The molecule has 0 radical (unpaired) electrons. The van der Waals surface area contributed by atoms with Crippen LogP contribution in [-0.2, 0) is 26.3 Å². The molecule has 0 atom stereocenters. The molecule has 0 aromatic heterocycles. The molecule has 2 saturated carbocycles. The predicted molar refractivity (Wildman–Crippen MR) is 139 cm³/mol. The lowest BCUT2D eigenvalue weighted by Gasteiger charge is -2.32. The smallest absolute Gasteiger partial charge is 0.339 e. The minimum absolute atomic E-state index is 0.0135. The maximum absolute atomic E-state index is 13.2. The van der Waals surface area contributed by atoms with Gasteiger partial charge < -0.3 is 19.3 Å². The second-order valence-electron chi connectivity index (χ2n) is 9.53. The topological polar surface area (TPSA) is 96.0 Å². The number of rotatable bonds is 11. The van der Waals surface area contributed by atoms with Crippen molar-refractivity contribution in [3.63, 3.8) is 0 Å². The summed E-state index contributed by atoms with van der Waals surface area (Å²) in [4.78, 5) is 28.4. The number of carbonyl (C=O) groups is 2. The SMILES string of the molecule is CCN(CC)c1ccc(CN(C(=O)C2CCC2)C2CC2)c(OS(=O)(=O)c2ccc(NC(C)=O)cc2)c1. The first-order chi connectivity index (χ1) is 17.2. The van der Waals surface area contributed by atoms with Gasteiger partial charge in [-0.1, -0.05) is 12.5 Å². The maximum Gasteiger partial charge on any atom is 0.339 e. The van der Waals surface area contributed by atoms with Gasteiger partial charge in [0.2, 0.25) is 11.8 Å². The number of hydrogen-bond acceptors (Lipinski definition) is 6. The minimum Gasteiger partial charge on any atom is -0.379 e. The Bertz CT molecular complexity index is 1200. The first-order valence-corrected chi connectivity index (χ1v) is 14.1. The average molecular weight is 514 g/mol. The van der Waals surface area contributed by atoms with Gasteiger partial charge in [-0.2, -0.15) is 8.42 Å². The maximum atomic E-state index is 13.2. The van der Waals surface area contributed by atoms with Crippen LogP contribution in [0.15, 0.2) is 47.4 Å². The zero-order valence-electron chi connectivity index (χ0n) is 21.2. The molecule has 194 valence electrons. The largest absolute Gasteiger partial charge is 0.379 e. The fourth-order valence-corrected chi connectivity index (χ4v) is 5.41. The van der Waals surface area contributed by atoms with Gasteiger partial charge in [0.15, 0.2) is 0 Å². The van der Waals surface area contributed by atoms with Crippen molar-refractivity contribution >= 4 is 33.3 Å². The zero-order valence-corrected chi connectivity index (χ0v) is 22.0. The summed E-state index contributed by atoms with van der Waals surface area (Å²) in [5.74, 6) is 0.239. The van der Waals surface area contributed by atoms with Gasteiger partial charge in [0.05, 0.1) is 0 Å². The van der Waals surface area contributed by atoms with E-state index < -0.39 is 10.1 Å². The van der Waals surface area contributed by atoms with Gasteiger partial charge in [0, 0.05) is 61.5 Å². The van der Waals surface area contributed by atoms with E-state index >= 15 is 0 Å². The highest BCUT2D eigenvalue weighted by Crippen LogP contribution is 2.37. The first kappa shape index (κ1) is 26.0. The molecule has 0 heterocycles. The van der Waals surface area contributed by atoms with Gasteiger partial charge in [-0.15, -0.1) is 0 Å². The van der Waals surface area contributed by atoms with E-state index in [1.807, 2.05) is 30.9 Å². The second kappa shape index (κ2) is 10.9.